The van der Waals surface area contributed by atoms with Crippen molar-refractivity contribution in [1.29, 1.82) is 0 Å². The first-order chi connectivity index (χ1) is 12.4. The van der Waals surface area contributed by atoms with Crippen LogP contribution in [0, 0.1) is 46.3 Å². The molecule has 0 unspecified atom stereocenters. The van der Waals surface area contributed by atoms with Gasteiger partial charge in [0.25, 0.3) is 0 Å². The summed E-state index contributed by atoms with van der Waals surface area (Å²) < 4.78 is 0. The number of carbonyl (C=O) groups is 1. The number of fused-ring (bicyclic) bond motifs is 5. The molecule has 4 rings (SSSR count). The van der Waals surface area contributed by atoms with Crippen molar-refractivity contribution in [2.24, 2.45) is 46.3 Å². The second kappa shape index (κ2) is 6.93. The highest BCUT2D eigenvalue weighted by Gasteiger charge is 2.59. The molecule has 26 heavy (non-hydrogen) atoms. The normalized spacial score (nSPS) is 49.0. The van der Waals surface area contributed by atoms with E-state index in [9.17, 15) is 4.79 Å². The predicted octanol–water partition coefficient (Wildman–Crippen LogP) is 7.04. The Morgan fingerprint density at radius 1 is 0.923 bits per heavy atom. The minimum absolute atomic E-state index is 0.379. The van der Waals surface area contributed by atoms with Gasteiger partial charge in [-0.1, -0.05) is 33.6 Å². The Labute approximate surface area is 162 Å². The fraction of sp³-hybridized carbons (Fsp3) is 0.960. The van der Waals surface area contributed by atoms with Gasteiger partial charge in [-0.05, 0) is 111 Å². The molecule has 0 radical (unpaired) electrons. The molecular formula is C25H42O. The fourth-order valence-corrected chi connectivity index (χ4v) is 8.90. The molecule has 0 heterocycles. The highest BCUT2D eigenvalue weighted by Crippen LogP contribution is 2.68. The zero-order valence-electron chi connectivity index (χ0n) is 17.9. The van der Waals surface area contributed by atoms with Gasteiger partial charge >= 0.3 is 0 Å². The summed E-state index contributed by atoms with van der Waals surface area (Å²) in [4.78, 5) is 11.5. The average molecular weight is 359 g/mol. The van der Waals surface area contributed by atoms with Gasteiger partial charge in [0.2, 0.25) is 0 Å². The van der Waals surface area contributed by atoms with Crippen LogP contribution >= 0.6 is 0 Å². The lowest BCUT2D eigenvalue weighted by Gasteiger charge is -2.61. The van der Waals surface area contributed by atoms with Gasteiger partial charge < -0.3 is 4.79 Å². The van der Waals surface area contributed by atoms with Crippen LogP contribution in [0.4, 0.5) is 0 Å². The number of hydrogen-bond donors (Lipinski definition) is 0. The lowest BCUT2D eigenvalue weighted by molar-refractivity contribution is -0.119. The van der Waals surface area contributed by atoms with E-state index < -0.39 is 0 Å². The number of ketones is 1. The summed E-state index contributed by atoms with van der Waals surface area (Å²) in [5, 5.41) is 0. The Balaban J connectivity index is 1.52. The van der Waals surface area contributed by atoms with Gasteiger partial charge in [0.15, 0.2) is 0 Å². The van der Waals surface area contributed by atoms with E-state index in [4.69, 9.17) is 0 Å². The third kappa shape index (κ3) is 2.91. The van der Waals surface area contributed by atoms with Crippen molar-refractivity contribution in [3.63, 3.8) is 0 Å². The van der Waals surface area contributed by atoms with Crippen LogP contribution < -0.4 is 0 Å². The van der Waals surface area contributed by atoms with Crippen molar-refractivity contribution in [2.75, 3.05) is 0 Å². The number of rotatable bonds is 4. The zero-order chi connectivity index (χ0) is 18.5. The van der Waals surface area contributed by atoms with Gasteiger partial charge in [-0.2, -0.15) is 0 Å². The van der Waals surface area contributed by atoms with Gasteiger partial charge in [0.1, 0.15) is 5.78 Å². The van der Waals surface area contributed by atoms with Gasteiger partial charge in [-0.3, -0.25) is 0 Å². The van der Waals surface area contributed by atoms with Crippen LogP contribution in [0.5, 0.6) is 0 Å². The largest absolute Gasteiger partial charge is 0.300 e. The zero-order valence-corrected chi connectivity index (χ0v) is 17.9. The van der Waals surface area contributed by atoms with Crippen molar-refractivity contribution < 1.29 is 4.79 Å². The predicted molar refractivity (Wildman–Crippen MR) is 109 cm³/mol. The number of hydrogen-bond acceptors (Lipinski definition) is 1. The summed E-state index contributed by atoms with van der Waals surface area (Å²) in [7, 11) is 0. The summed E-state index contributed by atoms with van der Waals surface area (Å²) in [5.74, 6) is 6.02. The lowest BCUT2D eigenvalue weighted by atomic mass is 9.44. The van der Waals surface area contributed by atoms with Crippen LogP contribution in [0.3, 0.4) is 0 Å². The van der Waals surface area contributed by atoms with Crippen LogP contribution in [-0.4, -0.2) is 5.78 Å². The number of carbonyl (C=O) groups excluding carboxylic acids is 1. The van der Waals surface area contributed by atoms with Crippen LogP contribution in [0.25, 0.3) is 0 Å². The maximum Gasteiger partial charge on any atom is 0.129 e. The fourth-order valence-electron chi connectivity index (χ4n) is 8.90. The van der Waals surface area contributed by atoms with E-state index in [1.807, 2.05) is 0 Å². The van der Waals surface area contributed by atoms with Crippen molar-refractivity contribution in [3.8, 4) is 0 Å². The monoisotopic (exact) mass is 358 g/mol. The Bertz CT molecular complexity index is 538. The van der Waals surface area contributed by atoms with E-state index in [0.717, 1.165) is 48.3 Å². The molecule has 0 bridgehead atoms. The van der Waals surface area contributed by atoms with E-state index in [0.29, 0.717) is 16.6 Å². The van der Waals surface area contributed by atoms with Crippen LogP contribution in [0.1, 0.15) is 105 Å². The minimum Gasteiger partial charge on any atom is -0.300 e. The van der Waals surface area contributed by atoms with Crippen LogP contribution in [0.15, 0.2) is 0 Å². The molecule has 1 nitrogen and oxygen atoms in total. The molecule has 0 saturated heterocycles. The van der Waals surface area contributed by atoms with E-state index in [-0.39, 0.29) is 0 Å². The summed E-state index contributed by atoms with van der Waals surface area (Å²) in [5.41, 5.74) is 1.23. The van der Waals surface area contributed by atoms with Crippen molar-refractivity contribution >= 4 is 5.78 Å². The van der Waals surface area contributed by atoms with Crippen LogP contribution in [0.2, 0.25) is 0 Å². The van der Waals surface area contributed by atoms with Crippen molar-refractivity contribution in [3.05, 3.63) is 0 Å². The Morgan fingerprint density at radius 3 is 2.46 bits per heavy atom. The molecule has 0 aromatic heterocycles. The Morgan fingerprint density at radius 2 is 1.69 bits per heavy atom. The summed E-state index contributed by atoms with van der Waals surface area (Å²) in [6.45, 7) is 9.57. The molecule has 8 atom stereocenters. The third-order valence-corrected chi connectivity index (χ3v) is 10.3. The summed E-state index contributed by atoms with van der Waals surface area (Å²) >= 11 is 0. The third-order valence-electron chi connectivity index (χ3n) is 10.3. The minimum atomic E-state index is 0.379. The van der Waals surface area contributed by atoms with Crippen LogP contribution in [-0.2, 0) is 4.79 Å². The highest BCUT2D eigenvalue weighted by atomic mass is 16.1. The van der Waals surface area contributed by atoms with Gasteiger partial charge in [-0.15, -0.1) is 0 Å². The molecule has 4 saturated carbocycles. The molecule has 0 N–H and O–H groups in total. The molecule has 4 fully saturated rings. The molecule has 4 aliphatic carbocycles. The van der Waals surface area contributed by atoms with Crippen molar-refractivity contribution in [2.45, 2.75) is 105 Å². The Kier molecular flexibility index (Phi) is 5.06. The lowest BCUT2D eigenvalue weighted by Crippen LogP contribution is -2.53. The molecule has 148 valence electrons. The summed E-state index contributed by atoms with van der Waals surface area (Å²) in [6, 6.07) is 0. The molecule has 1 heteroatoms. The van der Waals surface area contributed by atoms with E-state index >= 15 is 0 Å². The maximum absolute atomic E-state index is 11.5. The summed E-state index contributed by atoms with van der Waals surface area (Å²) in [6.07, 6.45) is 16.9. The molecular weight excluding hydrogens is 316 g/mol. The quantitative estimate of drug-likeness (QED) is 0.526. The SMILES string of the molecule is CC(=O)CC[C@H](C)[C@H]1CC[C@H]2[C@@H]3CC[C@H]4CCCC[C@]4(C)[C@H]3CC[C@]12C. The second-order valence-corrected chi connectivity index (χ2v) is 11.3. The molecule has 4 aliphatic rings. The first-order valence-electron chi connectivity index (χ1n) is 11.9. The topological polar surface area (TPSA) is 17.1 Å². The Hall–Kier alpha value is -0.330. The first kappa shape index (κ1) is 19.0. The van der Waals surface area contributed by atoms with E-state index in [2.05, 4.69) is 20.8 Å². The molecule has 0 aromatic rings. The smallest absolute Gasteiger partial charge is 0.129 e. The molecule has 0 spiro atoms. The van der Waals surface area contributed by atoms with Gasteiger partial charge in [0.05, 0.1) is 0 Å². The van der Waals surface area contributed by atoms with E-state index in [1.165, 1.54) is 64.2 Å². The van der Waals surface area contributed by atoms with E-state index in [1.54, 1.807) is 6.92 Å². The maximum atomic E-state index is 11.5. The highest BCUT2D eigenvalue weighted by molar-refractivity contribution is 5.75. The average Bonchev–Trinajstić information content (AvgIpc) is 2.96. The molecule has 0 aromatic carbocycles. The molecule has 0 aliphatic heterocycles. The molecule has 0 amide bonds. The second-order valence-electron chi connectivity index (χ2n) is 11.3. The number of Topliss-reactive ketones (excluding diaryl/α,β-unsaturated/α-hetero) is 1. The van der Waals surface area contributed by atoms with Gasteiger partial charge in [-0.25, -0.2) is 0 Å². The standard InChI is InChI=1S/C25H42O/c1-17(8-9-18(2)26)21-12-13-22-20-11-10-19-7-5-6-15-24(19,3)23(20)14-16-25(21,22)4/h17,19-23H,5-16H2,1-4H3/t17-,19+,20-,21+,22-,23-,24-,25+/m0/s1. The van der Waals surface area contributed by atoms with Crippen molar-refractivity contribution in [1.82, 2.24) is 0 Å². The van der Waals surface area contributed by atoms with Gasteiger partial charge in [0, 0.05) is 6.42 Å². The first-order valence-corrected chi connectivity index (χ1v) is 11.9.